The van der Waals surface area contributed by atoms with Crippen molar-refractivity contribution < 1.29 is 0 Å². The topological polar surface area (TPSA) is 23.1 Å². The van der Waals surface area contributed by atoms with E-state index in [9.17, 15) is 5.21 Å². The summed E-state index contributed by atoms with van der Waals surface area (Å²) >= 11 is 6.22. The first-order valence-corrected chi connectivity index (χ1v) is 5.92. The summed E-state index contributed by atoms with van der Waals surface area (Å²) < 4.78 is -0.918. The molecule has 0 spiro atoms. The van der Waals surface area contributed by atoms with Gasteiger partial charge in [-0.05, 0) is 6.92 Å². The molecule has 1 atom stereocenters. The van der Waals surface area contributed by atoms with E-state index < -0.39 is 4.17 Å². The van der Waals surface area contributed by atoms with Crippen LogP contribution in [0.3, 0.4) is 0 Å². The SMILES string of the molecule is Cc1cccc2c1[N+]([O-])(Cl)c1ccccc1C2. The number of rotatable bonds is 0. The molecule has 1 aliphatic rings. The number of hydrogen-bond donors (Lipinski definition) is 0. The summed E-state index contributed by atoms with van der Waals surface area (Å²) in [5.41, 5.74) is 4.29. The van der Waals surface area contributed by atoms with Gasteiger partial charge in [0.05, 0.1) is 0 Å². The third kappa shape index (κ3) is 1.49. The first-order chi connectivity index (χ1) is 8.10. The van der Waals surface area contributed by atoms with Crippen LogP contribution < -0.4 is 4.17 Å². The van der Waals surface area contributed by atoms with Gasteiger partial charge in [0.2, 0.25) is 0 Å². The van der Waals surface area contributed by atoms with Crippen molar-refractivity contribution in [2.24, 2.45) is 0 Å². The molecule has 0 aliphatic carbocycles. The Morgan fingerprint density at radius 2 is 1.76 bits per heavy atom. The molecule has 0 bridgehead atoms. The average molecular weight is 246 g/mol. The van der Waals surface area contributed by atoms with Gasteiger partial charge in [0.1, 0.15) is 0 Å². The van der Waals surface area contributed by atoms with Crippen LogP contribution in [0.15, 0.2) is 42.5 Å². The molecule has 0 aromatic heterocycles. The Bertz CT molecular complexity index is 593. The van der Waals surface area contributed by atoms with Gasteiger partial charge >= 0.3 is 0 Å². The highest BCUT2D eigenvalue weighted by Gasteiger charge is 2.34. The van der Waals surface area contributed by atoms with Crippen molar-refractivity contribution in [3.05, 3.63) is 64.4 Å². The van der Waals surface area contributed by atoms with Gasteiger partial charge in [-0.3, -0.25) is 0 Å². The number of halogens is 1. The minimum Gasteiger partial charge on any atom is -0.603 e. The molecule has 1 aliphatic heterocycles. The second-order valence-corrected chi connectivity index (χ2v) is 4.90. The van der Waals surface area contributed by atoms with Crippen molar-refractivity contribution in [1.82, 2.24) is 4.17 Å². The number of fused-ring (bicyclic) bond motifs is 2. The summed E-state index contributed by atoms with van der Waals surface area (Å²) in [5.74, 6) is 0. The van der Waals surface area contributed by atoms with Crippen molar-refractivity contribution in [2.45, 2.75) is 13.3 Å². The van der Waals surface area contributed by atoms with Gasteiger partial charge in [0.25, 0.3) is 0 Å². The predicted octanol–water partition coefficient (Wildman–Crippen LogP) is 4.19. The monoisotopic (exact) mass is 245 g/mol. The van der Waals surface area contributed by atoms with Crippen molar-refractivity contribution in [3.8, 4) is 0 Å². The second-order valence-electron chi connectivity index (χ2n) is 4.42. The van der Waals surface area contributed by atoms with Crippen molar-refractivity contribution in [3.63, 3.8) is 0 Å². The fourth-order valence-electron chi connectivity index (χ4n) is 2.54. The van der Waals surface area contributed by atoms with Gasteiger partial charge in [-0.15, -0.1) is 0 Å². The minimum atomic E-state index is -0.918. The molecule has 0 saturated carbocycles. The largest absolute Gasteiger partial charge is 0.603 e. The fourth-order valence-corrected chi connectivity index (χ4v) is 2.95. The van der Waals surface area contributed by atoms with E-state index in [0.29, 0.717) is 11.4 Å². The molecule has 1 heterocycles. The fraction of sp³-hybridized carbons (Fsp3) is 0.143. The highest BCUT2D eigenvalue weighted by molar-refractivity contribution is 6.26. The van der Waals surface area contributed by atoms with E-state index >= 15 is 0 Å². The van der Waals surface area contributed by atoms with E-state index in [1.807, 2.05) is 49.4 Å². The minimum absolute atomic E-state index is 0.635. The number of aryl methyl sites for hydroxylation is 1. The van der Waals surface area contributed by atoms with E-state index in [1.54, 1.807) is 0 Å². The van der Waals surface area contributed by atoms with Crippen LogP contribution in [0.5, 0.6) is 0 Å². The third-order valence-electron chi connectivity index (χ3n) is 3.29. The summed E-state index contributed by atoms with van der Waals surface area (Å²) in [7, 11) is 0. The molecule has 0 fully saturated rings. The second kappa shape index (κ2) is 3.57. The molecule has 3 heteroatoms. The van der Waals surface area contributed by atoms with Gasteiger partial charge in [0.15, 0.2) is 23.2 Å². The van der Waals surface area contributed by atoms with Gasteiger partial charge in [0, 0.05) is 29.2 Å². The normalized spacial score (nSPS) is 21.8. The van der Waals surface area contributed by atoms with Crippen LogP contribution in [-0.4, -0.2) is 0 Å². The lowest BCUT2D eigenvalue weighted by atomic mass is 9.95. The predicted molar refractivity (Wildman–Crippen MR) is 71.1 cm³/mol. The molecule has 1 unspecified atom stereocenters. The van der Waals surface area contributed by atoms with Gasteiger partial charge in [-0.1, -0.05) is 36.4 Å². The summed E-state index contributed by atoms with van der Waals surface area (Å²) in [5, 5.41) is 12.7. The Morgan fingerprint density at radius 3 is 2.59 bits per heavy atom. The first-order valence-electron chi connectivity index (χ1n) is 5.58. The molecule has 2 aromatic carbocycles. The van der Waals surface area contributed by atoms with Crippen LogP contribution in [0.25, 0.3) is 0 Å². The van der Waals surface area contributed by atoms with Gasteiger partial charge in [-0.2, -0.15) is 4.17 Å². The molecule has 0 radical (unpaired) electrons. The molecule has 17 heavy (non-hydrogen) atoms. The van der Waals surface area contributed by atoms with E-state index in [-0.39, 0.29) is 0 Å². The molecule has 0 amide bonds. The Kier molecular flexibility index (Phi) is 2.26. The van der Waals surface area contributed by atoms with Gasteiger partial charge in [-0.25, -0.2) is 0 Å². The standard InChI is InChI=1S/C14H12ClNO/c1-10-5-4-7-12-9-11-6-2-3-8-13(11)16(15,17)14(10)12/h2-8H,9H2,1H3. The maximum atomic E-state index is 12.7. The Morgan fingerprint density at radius 1 is 1.06 bits per heavy atom. The maximum Gasteiger partial charge on any atom is 0.178 e. The Balaban J connectivity index is 2.32. The highest BCUT2D eigenvalue weighted by Crippen LogP contribution is 2.47. The number of nitrogens with zero attached hydrogens (tertiary/aromatic N) is 1. The van der Waals surface area contributed by atoms with Crippen LogP contribution in [-0.2, 0) is 6.42 Å². The summed E-state index contributed by atoms with van der Waals surface area (Å²) in [6, 6.07) is 13.5. The van der Waals surface area contributed by atoms with Crippen LogP contribution in [0.1, 0.15) is 16.7 Å². The van der Waals surface area contributed by atoms with Crippen LogP contribution in [0.4, 0.5) is 11.4 Å². The van der Waals surface area contributed by atoms with E-state index in [2.05, 4.69) is 0 Å². The summed E-state index contributed by atoms with van der Waals surface area (Å²) in [6.45, 7) is 1.93. The van der Waals surface area contributed by atoms with Crippen molar-refractivity contribution >= 4 is 23.2 Å². The highest BCUT2D eigenvalue weighted by atomic mass is 35.5. The summed E-state index contributed by atoms with van der Waals surface area (Å²) in [6.07, 6.45) is 0.780. The molecule has 0 N–H and O–H groups in total. The van der Waals surface area contributed by atoms with E-state index in [0.717, 1.165) is 23.1 Å². The lowest BCUT2D eigenvalue weighted by Crippen LogP contribution is -2.31. The lowest BCUT2D eigenvalue weighted by Gasteiger charge is -2.38. The number of para-hydroxylation sites is 2. The molecule has 2 aromatic rings. The zero-order chi connectivity index (χ0) is 12.0. The van der Waals surface area contributed by atoms with Crippen molar-refractivity contribution in [1.29, 1.82) is 0 Å². The van der Waals surface area contributed by atoms with Crippen LogP contribution in [0, 0.1) is 12.1 Å². The van der Waals surface area contributed by atoms with Crippen LogP contribution >= 0.6 is 11.8 Å². The third-order valence-corrected chi connectivity index (χ3v) is 3.64. The molecule has 3 rings (SSSR count). The summed E-state index contributed by atoms with van der Waals surface area (Å²) in [4.78, 5) is 0. The maximum absolute atomic E-state index is 12.7. The quantitative estimate of drug-likeness (QED) is 0.504. The molecule has 0 saturated heterocycles. The zero-order valence-electron chi connectivity index (χ0n) is 9.48. The zero-order valence-corrected chi connectivity index (χ0v) is 10.2. The number of benzene rings is 2. The van der Waals surface area contributed by atoms with Crippen LogP contribution in [0.2, 0.25) is 0 Å². The Labute approximate surface area is 105 Å². The molecule has 2 nitrogen and oxygen atoms in total. The molecular formula is C14H12ClNO. The van der Waals surface area contributed by atoms with E-state index in [1.165, 1.54) is 0 Å². The average Bonchev–Trinajstić information content (AvgIpc) is 2.28. The molecular weight excluding hydrogens is 234 g/mol. The van der Waals surface area contributed by atoms with Crippen molar-refractivity contribution in [2.75, 3.05) is 0 Å². The van der Waals surface area contributed by atoms with Gasteiger partial charge < -0.3 is 5.21 Å². The Hall–Kier alpha value is -1.35. The lowest BCUT2D eigenvalue weighted by molar-refractivity contribution is 0.750. The first kappa shape index (κ1) is 10.8. The molecule has 86 valence electrons. The number of hydrogen-bond acceptors (Lipinski definition) is 1. The number of quaternary nitrogens is 1. The smallest absolute Gasteiger partial charge is 0.178 e. The van der Waals surface area contributed by atoms with E-state index in [4.69, 9.17) is 11.8 Å².